The third kappa shape index (κ3) is 8.15. The summed E-state index contributed by atoms with van der Waals surface area (Å²) >= 11 is 0. The largest absolute Gasteiger partial charge is 0.419 e. The van der Waals surface area contributed by atoms with Crippen LogP contribution in [-0.4, -0.2) is 135 Å². The molecule has 0 saturated carbocycles. The van der Waals surface area contributed by atoms with Crippen LogP contribution in [0.15, 0.2) is 36.8 Å². The number of fused-ring (bicyclic) bond motifs is 1. The number of benzene rings is 1. The molecule has 5 aliphatic rings. The Balaban J connectivity index is 0.796. The molecule has 3 aromatic rings. The van der Waals surface area contributed by atoms with E-state index in [0.29, 0.717) is 50.4 Å². The normalized spacial score (nSPS) is 24.6. The summed E-state index contributed by atoms with van der Waals surface area (Å²) in [6.07, 6.45) is 1.87. The number of piperazine rings is 1. The summed E-state index contributed by atoms with van der Waals surface area (Å²) in [6, 6.07) is 4.63. The van der Waals surface area contributed by atoms with Crippen LogP contribution < -0.4 is 15.5 Å². The first-order valence-electron chi connectivity index (χ1n) is 19.9. The molecular weight excluding hydrogens is 780 g/mol. The van der Waals surface area contributed by atoms with Crippen LogP contribution in [0.3, 0.4) is 0 Å². The highest BCUT2D eigenvalue weighted by atomic mass is 32.2. The van der Waals surface area contributed by atoms with Crippen LogP contribution in [0.25, 0.3) is 11.3 Å². The number of nitrogens with one attached hydrogen (secondary N) is 2. The second-order valence-electron chi connectivity index (χ2n) is 16.1. The molecule has 58 heavy (non-hydrogen) atoms. The Kier molecular flexibility index (Phi) is 11.0. The number of alkyl halides is 3. The molecule has 3 atom stereocenters. The van der Waals surface area contributed by atoms with Crippen LogP contribution in [-0.2, 0) is 39.6 Å². The number of halogens is 3. The number of rotatable bonds is 9. The van der Waals surface area contributed by atoms with Gasteiger partial charge in [0, 0.05) is 114 Å². The molecule has 312 valence electrons. The van der Waals surface area contributed by atoms with Crippen molar-refractivity contribution in [2.24, 2.45) is 13.0 Å². The maximum atomic E-state index is 13.9. The highest BCUT2D eigenvalue weighted by Crippen LogP contribution is 2.37. The van der Waals surface area contributed by atoms with Crippen LogP contribution in [0.1, 0.15) is 66.9 Å². The molecule has 3 amide bonds. The highest BCUT2D eigenvalue weighted by Gasteiger charge is 2.41. The van der Waals surface area contributed by atoms with E-state index in [9.17, 15) is 36.0 Å². The van der Waals surface area contributed by atoms with Gasteiger partial charge in [-0.3, -0.25) is 29.3 Å². The number of aryl methyl sites for hydroxylation is 1. The lowest BCUT2D eigenvalue weighted by molar-refractivity contribution is -0.138. The molecule has 20 heteroatoms. The summed E-state index contributed by atoms with van der Waals surface area (Å²) in [5.41, 5.74) is 1.51. The van der Waals surface area contributed by atoms with Crippen molar-refractivity contribution in [1.82, 2.24) is 43.5 Å². The highest BCUT2D eigenvalue weighted by molar-refractivity contribution is 7.86. The Morgan fingerprint density at radius 3 is 2.40 bits per heavy atom. The maximum Gasteiger partial charge on any atom is 0.419 e. The number of hydrogen-bond acceptors (Lipinski definition) is 11. The number of carbonyl (C=O) groups is 3. The lowest BCUT2D eigenvalue weighted by Crippen LogP contribution is -2.55. The van der Waals surface area contributed by atoms with Crippen LogP contribution in [0.4, 0.5) is 24.8 Å². The van der Waals surface area contributed by atoms with Gasteiger partial charge in [-0.05, 0) is 68.7 Å². The third-order valence-corrected chi connectivity index (χ3v) is 14.3. The SMILES string of the molecule is CC1CC(Nc2ncc(C(F)(F)F)c(-c3cnn(C)c3)n2)CCN1S(=O)(=O)N1CCC(CN2CCN(c3ccc4c(c3)CN(C3CCC(=O)NC3=O)C4=O)CC2)CC1. The van der Waals surface area contributed by atoms with Crippen molar-refractivity contribution in [3.8, 4) is 11.3 Å². The maximum absolute atomic E-state index is 13.9. The summed E-state index contributed by atoms with van der Waals surface area (Å²) in [5, 5.41) is 9.48. The first-order chi connectivity index (χ1) is 27.6. The average Bonchev–Trinajstić information content (AvgIpc) is 3.77. The number of nitrogens with zero attached hydrogens (tertiary/aromatic N) is 9. The number of imide groups is 1. The van der Waals surface area contributed by atoms with E-state index in [1.54, 1.807) is 20.6 Å². The fraction of sp³-hybridized carbons (Fsp3) is 0.579. The average molecular weight is 828 g/mol. The molecule has 0 spiro atoms. The number of piperidine rings is 3. The first kappa shape index (κ1) is 40.1. The van der Waals surface area contributed by atoms with E-state index in [0.717, 1.165) is 63.0 Å². The van der Waals surface area contributed by atoms with Gasteiger partial charge in [0.1, 0.15) is 11.6 Å². The molecule has 16 nitrogen and oxygen atoms in total. The van der Waals surface area contributed by atoms with Gasteiger partial charge in [0.15, 0.2) is 0 Å². The van der Waals surface area contributed by atoms with Crippen molar-refractivity contribution >= 4 is 39.6 Å². The Hall–Kier alpha value is -4.66. The zero-order valence-electron chi connectivity index (χ0n) is 32.5. The number of anilines is 2. The van der Waals surface area contributed by atoms with Gasteiger partial charge in [0.05, 0.1) is 11.9 Å². The zero-order chi connectivity index (χ0) is 40.9. The zero-order valence-corrected chi connectivity index (χ0v) is 33.3. The number of amides is 3. The Bertz CT molecular complexity index is 2170. The quantitative estimate of drug-likeness (QED) is 0.305. The minimum atomic E-state index is -4.65. The van der Waals surface area contributed by atoms with E-state index < -0.39 is 33.9 Å². The summed E-state index contributed by atoms with van der Waals surface area (Å²) < 4.78 is 73.5. The molecule has 0 bridgehead atoms. The van der Waals surface area contributed by atoms with Gasteiger partial charge in [0.25, 0.3) is 16.1 Å². The number of hydrogen-bond donors (Lipinski definition) is 2. The van der Waals surface area contributed by atoms with Gasteiger partial charge < -0.3 is 15.1 Å². The fourth-order valence-corrected chi connectivity index (χ4v) is 10.9. The van der Waals surface area contributed by atoms with E-state index in [2.05, 4.69) is 35.5 Å². The van der Waals surface area contributed by atoms with E-state index >= 15 is 0 Å². The summed E-state index contributed by atoms with van der Waals surface area (Å²) in [4.78, 5) is 51.6. The second kappa shape index (κ2) is 15.8. The van der Waals surface area contributed by atoms with E-state index in [-0.39, 0.29) is 54.1 Å². The van der Waals surface area contributed by atoms with Crippen molar-refractivity contribution < 1.29 is 36.0 Å². The topological polar surface area (TPSA) is 169 Å². The standard InChI is InChI=1S/C38H48F3N11O5S/c1-24-17-28(44-37-42-20-31(38(39,40)41)34(46-37)27-19-43-47(2)22-27)9-12-52(24)58(56,57)50-10-7-25(8-11-50)21-48-13-15-49(16-14-48)29-3-4-30-26(18-29)23-51(36(30)55)32-5-6-33(53)45-35(32)54/h3-4,18-20,22,24-25,28,32H,5-17,21,23H2,1-2H3,(H,42,44,46)(H,45,53,54). The summed E-state index contributed by atoms with van der Waals surface area (Å²) in [5.74, 6) is -0.495. The van der Waals surface area contributed by atoms with Crippen molar-refractivity contribution in [1.29, 1.82) is 0 Å². The molecule has 1 aromatic carbocycles. The molecule has 5 aliphatic heterocycles. The molecule has 8 rings (SSSR count). The van der Waals surface area contributed by atoms with Crippen molar-refractivity contribution in [2.75, 3.05) is 62.6 Å². The molecule has 4 saturated heterocycles. The van der Waals surface area contributed by atoms with Gasteiger partial charge in [-0.2, -0.15) is 35.3 Å². The van der Waals surface area contributed by atoms with Gasteiger partial charge >= 0.3 is 6.18 Å². The van der Waals surface area contributed by atoms with Crippen molar-refractivity contribution in [2.45, 2.75) is 76.3 Å². The van der Waals surface area contributed by atoms with Gasteiger partial charge in [-0.1, -0.05) is 0 Å². The van der Waals surface area contributed by atoms with Crippen LogP contribution in [0.2, 0.25) is 0 Å². The first-order valence-corrected chi connectivity index (χ1v) is 21.3. The molecule has 2 aromatic heterocycles. The third-order valence-electron chi connectivity index (χ3n) is 12.2. The number of carbonyl (C=O) groups excluding carboxylic acids is 3. The Morgan fingerprint density at radius 1 is 0.966 bits per heavy atom. The predicted octanol–water partition coefficient (Wildman–Crippen LogP) is 2.70. The van der Waals surface area contributed by atoms with Crippen LogP contribution >= 0.6 is 0 Å². The lowest BCUT2D eigenvalue weighted by atomic mass is 9.97. The van der Waals surface area contributed by atoms with Crippen LogP contribution in [0.5, 0.6) is 0 Å². The monoisotopic (exact) mass is 827 g/mol. The molecule has 3 unspecified atom stereocenters. The summed E-state index contributed by atoms with van der Waals surface area (Å²) in [6.45, 7) is 7.59. The fourth-order valence-electron chi connectivity index (χ4n) is 9.01. The van der Waals surface area contributed by atoms with E-state index in [4.69, 9.17) is 0 Å². The predicted molar refractivity (Wildman–Crippen MR) is 206 cm³/mol. The van der Waals surface area contributed by atoms with E-state index in [1.165, 1.54) is 17.1 Å². The van der Waals surface area contributed by atoms with Crippen LogP contribution in [0, 0.1) is 5.92 Å². The smallest absolute Gasteiger partial charge is 0.369 e. The molecule has 0 aliphatic carbocycles. The molecule has 7 heterocycles. The lowest BCUT2D eigenvalue weighted by Gasteiger charge is -2.42. The number of aromatic nitrogens is 4. The minimum absolute atomic E-state index is 0.0462. The molecular formula is C38H48F3N11O5S. The minimum Gasteiger partial charge on any atom is -0.369 e. The second-order valence-corrected chi connectivity index (χ2v) is 17.9. The Morgan fingerprint density at radius 2 is 1.72 bits per heavy atom. The van der Waals surface area contributed by atoms with Crippen molar-refractivity contribution in [3.63, 3.8) is 0 Å². The molecule has 2 N–H and O–H groups in total. The van der Waals surface area contributed by atoms with Gasteiger partial charge in [-0.25, -0.2) is 9.97 Å². The van der Waals surface area contributed by atoms with Gasteiger partial charge in [-0.15, -0.1) is 0 Å². The molecule has 0 radical (unpaired) electrons. The Labute approximate surface area is 334 Å². The summed E-state index contributed by atoms with van der Waals surface area (Å²) in [7, 11) is -2.10. The van der Waals surface area contributed by atoms with E-state index in [1.807, 2.05) is 25.1 Å². The van der Waals surface area contributed by atoms with Crippen molar-refractivity contribution in [3.05, 3.63) is 53.5 Å². The molecule has 4 fully saturated rings. The van der Waals surface area contributed by atoms with Gasteiger partial charge in [0.2, 0.25) is 17.8 Å².